The van der Waals surface area contributed by atoms with Crippen LogP contribution in [0.3, 0.4) is 0 Å². The Kier molecular flexibility index (Phi) is 7.09. The van der Waals surface area contributed by atoms with Crippen LogP contribution in [0.25, 0.3) is 0 Å². The molecule has 1 atom stereocenters. The lowest BCUT2D eigenvalue weighted by atomic mass is 10.1. The summed E-state index contributed by atoms with van der Waals surface area (Å²) in [5, 5.41) is 12.3. The van der Waals surface area contributed by atoms with Gasteiger partial charge in [-0.15, -0.1) is 0 Å². The van der Waals surface area contributed by atoms with Gasteiger partial charge in [0.05, 0.1) is 6.10 Å². The van der Waals surface area contributed by atoms with Crippen molar-refractivity contribution in [1.82, 2.24) is 5.32 Å². The van der Waals surface area contributed by atoms with E-state index in [0.717, 1.165) is 6.42 Å². The molecule has 0 aliphatic heterocycles. The summed E-state index contributed by atoms with van der Waals surface area (Å²) < 4.78 is 5.43. The van der Waals surface area contributed by atoms with Crippen molar-refractivity contribution in [2.24, 2.45) is 5.92 Å². The van der Waals surface area contributed by atoms with E-state index in [1.165, 1.54) is 5.56 Å². The van der Waals surface area contributed by atoms with Crippen LogP contribution in [0.2, 0.25) is 0 Å². The Hall–Kier alpha value is -1.55. The minimum atomic E-state index is -0.498. The third-order valence-electron chi connectivity index (χ3n) is 2.95. The number of ether oxygens (including phenoxy) is 1. The topological polar surface area (TPSA) is 58.6 Å². The van der Waals surface area contributed by atoms with Crippen molar-refractivity contribution in [3.63, 3.8) is 0 Å². The first kappa shape index (κ1) is 16.5. The molecule has 0 saturated heterocycles. The third-order valence-corrected chi connectivity index (χ3v) is 2.95. The van der Waals surface area contributed by atoms with Crippen LogP contribution in [0.1, 0.15) is 32.8 Å². The number of hydrogen-bond acceptors (Lipinski definition) is 3. The van der Waals surface area contributed by atoms with Gasteiger partial charge in [0, 0.05) is 6.54 Å². The SMILES string of the molecule is CCc1cccc(OCC(=O)NCC(O)CC(C)C)c1. The number of carbonyl (C=O) groups excluding carboxylic acids is 1. The van der Waals surface area contributed by atoms with Crippen molar-refractivity contribution in [2.75, 3.05) is 13.2 Å². The normalized spacial score (nSPS) is 12.2. The second kappa shape index (κ2) is 8.59. The summed E-state index contributed by atoms with van der Waals surface area (Å²) in [6.45, 7) is 6.39. The first-order valence-corrected chi connectivity index (χ1v) is 7.17. The fourth-order valence-corrected chi connectivity index (χ4v) is 1.91. The highest BCUT2D eigenvalue weighted by Crippen LogP contribution is 2.13. The van der Waals surface area contributed by atoms with Crippen LogP contribution in [0.5, 0.6) is 5.75 Å². The predicted molar refractivity (Wildman–Crippen MR) is 79.8 cm³/mol. The highest BCUT2D eigenvalue weighted by molar-refractivity contribution is 5.77. The van der Waals surface area contributed by atoms with Crippen molar-refractivity contribution in [3.8, 4) is 5.75 Å². The van der Waals surface area contributed by atoms with E-state index in [1.54, 1.807) is 0 Å². The number of rotatable bonds is 8. The van der Waals surface area contributed by atoms with Gasteiger partial charge in [0.25, 0.3) is 5.91 Å². The van der Waals surface area contributed by atoms with E-state index in [1.807, 2.05) is 38.1 Å². The van der Waals surface area contributed by atoms with Crippen LogP contribution >= 0.6 is 0 Å². The Morgan fingerprint density at radius 3 is 2.80 bits per heavy atom. The number of aliphatic hydroxyl groups is 1. The summed E-state index contributed by atoms with van der Waals surface area (Å²) >= 11 is 0. The van der Waals surface area contributed by atoms with E-state index in [2.05, 4.69) is 12.2 Å². The molecule has 20 heavy (non-hydrogen) atoms. The van der Waals surface area contributed by atoms with Crippen molar-refractivity contribution in [3.05, 3.63) is 29.8 Å². The number of carbonyl (C=O) groups is 1. The minimum absolute atomic E-state index is 0.0262. The van der Waals surface area contributed by atoms with Gasteiger partial charge in [-0.3, -0.25) is 4.79 Å². The first-order valence-electron chi connectivity index (χ1n) is 7.17. The molecule has 0 spiro atoms. The molecule has 1 aromatic carbocycles. The summed E-state index contributed by atoms with van der Waals surface area (Å²) in [6, 6.07) is 7.70. The highest BCUT2D eigenvalue weighted by Gasteiger charge is 2.09. The lowest BCUT2D eigenvalue weighted by molar-refractivity contribution is -0.123. The molecule has 1 aromatic rings. The van der Waals surface area contributed by atoms with Gasteiger partial charge in [-0.1, -0.05) is 32.9 Å². The predicted octanol–water partition coefficient (Wildman–Crippen LogP) is 2.15. The van der Waals surface area contributed by atoms with Gasteiger partial charge in [-0.25, -0.2) is 0 Å². The summed E-state index contributed by atoms with van der Waals surface area (Å²) in [7, 11) is 0. The van der Waals surface area contributed by atoms with Gasteiger partial charge in [0.1, 0.15) is 5.75 Å². The maximum Gasteiger partial charge on any atom is 0.258 e. The second-order valence-electron chi connectivity index (χ2n) is 5.38. The van der Waals surface area contributed by atoms with Crippen LogP contribution in [0.4, 0.5) is 0 Å². The van der Waals surface area contributed by atoms with Crippen molar-refractivity contribution in [2.45, 2.75) is 39.7 Å². The van der Waals surface area contributed by atoms with Gasteiger partial charge in [0.15, 0.2) is 6.61 Å². The van der Waals surface area contributed by atoms with E-state index in [4.69, 9.17) is 4.74 Å². The molecule has 1 rings (SSSR count). The summed E-state index contributed by atoms with van der Waals surface area (Å²) in [4.78, 5) is 11.6. The average Bonchev–Trinajstić information content (AvgIpc) is 2.42. The molecule has 0 fully saturated rings. The first-order chi connectivity index (χ1) is 9.51. The average molecular weight is 279 g/mol. The van der Waals surface area contributed by atoms with Gasteiger partial charge >= 0.3 is 0 Å². The molecule has 112 valence electrons. The van der Waals surface area contributed by atoms with Crippen LogP contribution in [0, 0.1) is 5.92 Å². The Labute approximate surface area is 121 Å². The Morgan fingerprint density at radius 2 is 2.15 bits per heavy atom. The summed E-state index contributed by atoms with van der Waals surface area (Å²) in [6.07, 6.45) is 1.12. The van der Waals surface area contributed by atoms with Crippen molar-refractivity contribution >= 4 is 5.91 Å². The number of benzene rings is 1. The summed E-state index contributed by atoms with van der Waals surface area (Å²) in [5.41, 5.74) is 1.18. The number of aliphatic hydroxyl groups excluding tert-OH is 1. The molecule has 4 nitrogen and oxygen atoms in total. The Bertz CT molecular complexity index is 418. The number of nitrogens with one attached hydrogen (secondary N) is 1. The van der Waals surface area contributed by atoms with E-state index >= 15 is 0 Å². The molecular weight excluding hydrogens is 254 g/mol. The Balaban J connectivity index is 2.29. The van der Waals surface area contributed by atoms with Crippen LogP contribution in [-0.2, 0) is 11.2 Å². The molecule has 1 unspecified atom stereocenters. The molecule has 0 aliphatic carbocycles. The number of aryl methyl sites for hydroxylation is 1. The van der Waals surface area contributed by atoms with Crippen molar-refractivity contribution < 1.29 is 14.6 Å². The molecule has 0 aliphatic rings. The van der Waals surface area contributed by atoms with Crippen LogP contribution in [-0.4, -0.2) is 30.3 Å². The van der Waals surface area contributed by atoms with Gasteiger partial charge in [-0.2, -0.15) is 0 Å². The molecular formula is C16H25NO3. The maximum atomic E-state index is 11.6. The number of hydrogen-bond donors (Lipinski definition) is 2. The standard InChI is InChI=1S/C16H25NO3/c1-4-13-6-5-7-15(9-13)20-11-16(19)17-10-14(18)8-12(2)3/h5-7,9,12,14,18H,4,8,10-11H2,1-3H3,(H,17,19). The van der Waals surface area contributed by atoms with E-state index in [0.29, 0.717) is 18.1 Å². The zero-order chi connectivity index (χ0) is 15.0. The zero-order valence-corrected chi connectivity index (χ0v) is 12.6. The van der Waals surface area contributed by atoms with E-state index in [9.17, 15) is 9.90 Å². The molecule has 0 heterocycles. The van der Waals surface area contributed by atoms with Crippen LogP contribution < -0.4 is 10.1 Å². The zero-order valence-electron chi connectivity index (χ0n) is 12.6. The van der Waals surface area contributed by atoms with Gasteiger partial charge < -0.3 is 15.2 Å². The number of amides is 1. The fraction of sp³-hybridized carbons (Fsp3) is 0.562. The van der Waals surface area contributed by atoms with Gasteiger partial charge in [-0.05, 0) is 36.5 Å². The summed E-state index contributed by atoms with van der Waals surface area (Å²) in [5.74, 6) is 0.895. The minimum Gasteiger partial charge on any atom is -0.484 e. The maximum absolute atomic E-state index is 11.6. The molecule has 0 bridgehead atoms. The quantitative estimate of drug-likeness (QED) is 0.766. The second-order valence-corrected chi connectivity index (χ2v) is 5.38. The third kappa shape index (κ3) is 6.57. The molecule has 0 aromatic heterocycles. The fourth-order valence-electron chi connectivity index (χ4n) is 1.91. The highest BCUT2D eigenvalue weighted by atomic mass is 16.5. The van der Waals surface area contributed by atoms with Gasteiger partial charge in [0.2, 0.25) is 0 Å². The Morgan fingerprint density at radius 1 is 1.40 bits per heavy atom. The lowest BCUT2D eigenvalue weighted by Crippen LogP contribution is -2.35. The smallest absolute Gasteiger partial charge is 0.258 e. The molecule has 4 heteroatoms. The van der Waals surface area contributed by atoms with E-state index in [-0.39, 0.29) is 19.1 Å². The monoisotopic (exact) mass is 279 g/mol. The van der Waals surface area contributed by atoms with Crippen molar-refractivity contribution in [1.29, 1.82) is 0 Å². The molecule has 2 N–H and O–H groups in total. The molecule has 0 saturated carbocycles. The largest absolute Gasteiger partial charge is 0.484 e. The molecule has 0 radical (unpaired) electrons. The van der Waals surface area contributed by atoms with Crippen LogP contribution in [0.15, 0.2) is 24.3 Å². The molecule has 1 amide bonds. The lowest BCUT2D eigenvalue weighted by Gasteiger charge is -2.14. The van der Waals surface area contributed by atoms with E-state index < -0.39 is 6.10 Å².